The molecule has 1 aliphatic rings. The second-order valence-electron chi connectivity index (χ2n) is 9.14. The van der Waals surface area contributed by atoms with E-state index in [9.17, 15) is 13.2 Å². The molecule has 8 heteroatoms. The molecule has 5 nitrogen and oxygen atoms in total. The Bertz CT molecular complexity index is 1620. The summed E-state index contributed by atoms with van der Waals surface area (Å²) in [5, 5.41) is 4.87. The fourth-order valence-electron chi connectivity index (χ4n) is 4.67. The molecule has 0 N–H and O–H groups in total. The minimum atomic E-state index is -4.51. The van der Waals surface area contributed by atoms with E-state index < -0.39 is 11.7 Å². The molecule has 4 aromatic carbocycles. The number of alkyl halides is 3. The normalized spacial score (nSPS) is 13.4. The highest BCUT2D eigenvalue weighted by atomic mass is 19.4. The van der Waals surface area contributed by atoms with Gasteiger partial charge < -0.3 is 14.2 Å². The zero-order valence-corrected chi connectivity index (χ0v) is 20.6. The van der Waals surface area contributed by atoms with Gasteiger partial charge in [0.25, 0.3) is 0 Å². The van der Waals surface area contributed by atoms with Gasteiger partial charge in [-0.05, 0) is 53.6 Å². The van der Waals surface area contributed by atoms with Crippen LogP contribution >= 0.6 is 0 Å². The second-order valence-corrected chi connectivity index (χ2v) is 9.14. The lowest BCUT2D eigenvalue weighted by atomic mass is 10.0. The minimum absolute atomic E-state index is 0.0708. The maximum atomic E-state index is 13.8. The molecule has 1 aromatic heterocycles. The highest BCUT2D eigenvalue weighted by Gasteiger charge is 2.34. The van der Waals surface area contributed by atoms with Crippen LogP contribution in [0.1, 0.15) is 16.7 Å². The number of fused-ring (bicyclic) bond motifs is 1. The van der Waals surface area contributed by atoms with Crippen molar-refractivity contribution in [3.63, 3.8) is 0 Å². The molecule has 0 spiro atoms. The summed E-state index contributed by atoms with van der Waals surface area (Å²) in [6, 6.07) is 28.6. The molecular weight excluding hydrogens is 505 g/mol. The molecule has 0 amide bonds. The van der Waals surface area contributed by atoms with Gasteiger partial charge >= 0.3 is 6.18 Å². The smallest absolute Gasteiger partial charge is 0.418 e. The number of nitrogens with zero attached hydrogens (tertiary/aromatic N) is 2. The molecule has 0 aliphatic carbocycles. The summed E-state index contributed by atoms with van der Waals surface area (Å²) in [5.74, 6) is 1.25. The van der Waals surface area contributed by atoms with Crippen LogP contribution in [-0.4, -0.2) is 16.1 Å². The zero-order valence-electron chi connectivity index (χ0n) is 20.6. The second kappa shape index (κ2) is 10.2. The molecule has 0 saturated heterocycles. The first-order chi connectivity index (χ1) is 18.9. The fraction of sp³-hybridized carbons (Fsp3) is 0.129. The van der Waals surface area contributed by atoms with Gasteiger partial charge in [-0.3, -0.25) is 4.68 Å². The molecule has 0 fully saturated rings. The van der Waals surface area contributed by atoms with Crippen molar-refractivity contribution in [2.75, 3.05) is 0 Å². The molecule has 0 atom stereocenters. The van der Waals surface area contributed by atoms with Crippen molar-refractivity contribution >= 4 is 10.9 Å². The SMILES string of the molecule is FC(F)(F)c1cccc2c(-c3ccc(Oc4cccc(CC5OC=CO5)c4)cc3)n(Cc3ccccc3)nc12. The van der Waals surface area contributed by atoms with Crippen LogP contribution in [0.3, 0.4) is 0 Å². The molecule has 0 radical (unpaired) electrons. The van der Waals surface area contributed by atoms with Gasteiger partial charge in [-0.1, -0.05) is 54.6 Å². The number of halogens is 3. The van der Waals surface area contributed by atoms with Crippen molar-refractivity contribution in [3.05, 3.63) is 126 Å². The van der Waals surface area contributed by atoms with Crippen molar-refractivity contribution in [2.24, 2.45) is 0 Å². The van der Waals surface area contributed by atoms with E-state index in [-0.39, 0.29) is 11.8 Å². The van der Waals surface area contributed by atoms with Gasteiger partial charge in [0.1, 0.15) is 29.5 Å². The molecule has 0 saturated carbocycles. The van der Waals surface area contributed by atoms with E-state index in [0.29, 0.717) is 35.5 Å². The monoisotopic (exact) mass is 528 g/mol. The van der Waals surface area contributed by atoms with E-state index in [1.54, 1.807) is 22.9 Å². The van der Waals surface area contributed by atoms with Gasteiger partial charge in [0, 0.05) is 17.4 Å². The van der Waals surface area contributed by atoms with Gasteiger partial charge in [-0.15, -0.1) is 0 Å². The molecule has 1 aliphatic heterocycles. The molecule has 6 rings (SSSR count). The van der Waals surface area contributed by atoms with Crippen molar-refractivity contribution in [3.8, 4) is 22.8 Å². The molecule has 0 bridgehead atoms. The van der Waals surface area contributed by atoms with Crippen molar-refractivity contribution in [2.45, 2.75) is 25.4 Å². The lowest BCUT2D eigenvalue weighted by Gasteiger charge is -2.12. The van der Waals surface area contributed by atoms with E-state index in [2.05, 4.69) is 5.10 Å². The Hall–Kier alpha value is -4.72. The highest BCUT2D eigenvalue weighted by Crippen LogP contribution is 2.38. The summed E-state index contributed by atoms with van der Waals surface area (Å²) in [4.78, 5) is 0. The van der Waals surface area contributed by atoms with Crippen LogP contribution in [0.2, 0.25) is 0 Å². The predicted octanol–water partition coefficient (Wildman–Crippen LogP) is 7.95. The highest BCUT2D eigenvalue weighted by molar-refractivity contribution is 5.95. The topological polar surface area (TPSA) is 45.5 Å². The number of ether oxygens (including phenoxy) is 3. The lowest BCUT2D eigenvalue weighted by molar-refractivity contribution is -0.136. The summed E-state index contributed by atoms with van der Waals surface area (Å²) in [7, 11) is 0. The summed E-state index contributed by atoms with van der Waals surface area (Å²) >= 11 is 0. The van der Waals surface area contributed by atoms with Gasteiger partial charge in [0.05, 0.1) is 17.8 Å². The van der Waals surface area contributed by atoms with Gasteiger partial charge in [-0.2, -0.15) is 18.3 Å². The van der Waals surface area contributed by atoms with Gasteiger partial charge in [0.2, 0.25) is 6.29 Å². The Morgan fingerprint density at radius 1 is 0.769 bits per heavy atom. The Kier molecular flexibility index (Phi) is 6.44. The predicted molar refractivity (Wildman–Crippen MR) is 141 cm³/mol. The van der Waals surface area contributed by atoms with Crippen LogP contribution in [0, 0.1) is 0 Å². The Balaban J connectivity index is 1.32. The largest absolute Gasteiger partial charge is 0.459 e. The molecule has 0 unspecified atom stereocenters. The number of benzene rings is 4. The standard InChI is InChI=1S/C31H23F3N2O3/c32-31(33,34)27-11-5-10-26-29(27)35-36(20-21-6-2-1-3-7-21)30(26)23-12-14-24(15-13-23)39-25-9-4-8-22(18-25)19-28-37-16-17-38-28/h1-18,28H,19-20H2. The van der Waals surface area contributed by atoms with E-state index in [1.165, 1.54) is 18.6 Å². The summed E-state index contributed by atoms with van der Waals surface area (Å²) in [5.41, 5.74) is 2.45. The Labute approximate surface area is 222 Å². The Morgan fingerprint density at radius 2 is 1.49 bits per heavy atom. The average molecular weight is 529 g/mol. The van der Waals surface area contributed by atoms with Crippen molar-refractivity contribution < 1.29 is 27.4 Å². The lowest BCUT2D eigenvalue weighted by Crippen LogP contribution is -2.10. The first-order valence-electron chi connectivity index (χ1n) is 12.4. The third-order valence-corrected chi connectivity index (χ3v) is 6.43. The maximum Gasteiger partial charge on any atom is 0.418 e. The van der Waals surface area contributed by atoms with Crippen molar-refractivity contribution in [1.82, 2.24) is 9.78 Å². The Morgan fingerprint density at radius 3 is 2.23 bits per heavy atom. The van der Waals surface area contributed by atoms with E-state index >= 15 is 0 Å². The van der Waals surface area contributed by atoms with Gasteiger partial charge in [0.15, 0.2) is 0 Å². The average Bonchev–Trinajstić information content (AvgIpc) is 3.57. The third kappa shape index (κ3) is 5.31. The van der Waals surface area contributed by atoms with Crippen LogP contribution in [0.25, 0.3) is 22.2 Å². The molecular formula is C31H23F3N2O3. The number of rotatable bonds is 7. The van der Waals surface area contributed by atoms with E-state index in [4.69, 9.17) is 14.2 Å². The number of hydrogen-bond acceptors (Lipinski definition) is 4. The molecule has 5 aromatic rings. The van der Waals surface area contributed by atoms with Crippen molar-refractivity contribution in [1.29, 1.82) is 0 Å². The van der Waals surface area contributed by atoms with Crippen LogP contribution in [0.15, 0.2) is 110 Å². The fourth-order valence-corrected chi connectivity index (χ4v) is 4.67. The van der Waals surface area contributed by atoms with Gasteiger partial charge in [-0.25, -0.2) is 0 Å². The number of aromatic nitrogens is 2. The molecule has 196 valence electrons. The minimum Gasteiger partial charge on any atom is -0.459 e. The van der Waals surface area contributed by atoms with Crippen LogP contribution < -0.4 is 4.74 Å². The first-order valence-corrected chi connectivity index (χ1v) is 12.4. The summed E-state index contributed by atoms with van der Waals surface area (Å²) < 4.78 is 59.8. The first kappa shape index (κ1) is 24.6. The summed E-state index contributed by atoms with van der Waals surface area (Å²) in [6.45, 7) is 0.330. The maximum absolute atomic E-state index is 13.8. The number of hydrogen-bond donors (Lipinski definition) is 0. The van der Waals surface area contributed by atoms with E-state index in [1.807, 2.05) is 66.7 Å². The van der Waals surface area contributed by atoms with Crippen LogP contribution in [-0.2, 0) is 28.6 Å². The summed E-state index contributed by atoms with van der Waals surface area (Å²) in [6.07, 6.45) is -1.26. The molecule has 2 heterocycles. The quantitative estimate of drug-likeness (QED) is 0.215. The third-order valence-electron chi connectivity index (χ3n) is 6.43. The zero-order chi connectivity index (χ0) is 26.8. The molecule has 39 heavy (non-hydrogen) atoms. The van der Waals surface area contributed by atoms with E-state index in [0.717, 1.165) is 22.8 Å². The van der Waals surface area contributed by atoms with Crippen LogP contribution in [0.5, 0.6) is 11.5 Å². The van der Waals surface area contributed by atoms with Crippen LogP contribution in [0.4, 0.5) is 13.2 Å².